The van der Waals surface area contributed by atoms with Gasteiger partial charge in [0, 0.05) is 6.42 Å². The predicted octanol–water partition coefficient (Wildman–Crippen LogP) is 0.880. The molecular weight excluding hydrogens is 104 g/mol. The average Bonchev–Trinajstić information content (AvgIpc) is 2.14. The van der Waals surface area contributed by atoms with Crippen LogP contribution in [0.4, 0.5) is 0 Å². The molecule has 0 amide bonds. The molecule has 44 valence electrons. The van der Waals surface area contributed by atoms with Crippen LogP contribution in [0.3, 0.4) is 0 Å². The van der Waals surface area contributed by atoms with E-state index >= 15 is 0 Å². The number of rotatable bonds is 1. The molecule has 1 rings (SSSR count). The quantitative estimate of drug-likeness (QED) is 0.503. The van der Waals surface area contributed by atoms with Crippen molar-refractivity contribution in [2.24, 2.45) is 0 Å². The molecule has 2 nitrogen and oxygen atoms in total. The number of Topliss-reactive ketones (excluding diaryl/α,β-unsaturated/α-hetero) is 1. The normalized spacial score (nSPS) is 18.6. The lowest BCUT2D eigenvalue weighted by molar-refractivity contribution is -0.117. The Hall–Kier alpha value is -0.790. The van der Waals surface area contributed by atoms with Crippen LogP contribution in [-0.4, -0.2) is 12.9 Å². The number of carbonyl (C=O) groups excluding carboxylic acids is 1. The Kier molecular flexibility index (Phi) is 1.33. The third kappa shape index (κ3) is 0.886. The van der Waals surface area contributed by atoms with Gasteiger partial charge in [0.25, 0.3) is 0 Å². The van der Waals surface area contributed by atoms with Gasteiger partial charge in [-0.2, -0.15) is 0 Å². The summed E-state index contributed by atoms with van der Waals surface area (Å²) in [7, 11) is 1.59. The van der Waals surface area contributed by atoms with Gasteiger partial charge in [-0.15, -0.1) is 0 Å². The molecule has 0 saturated heterocycles. The van der Waals surface area contributed by atoms with Gasteiger partial charge in [-0.3, -0.25) is 4.79 Å². The third-order valence-corrected chi connectivity index (χ3v) is 1.19. The molecule has 2 heteroatoms. The molecule has 0 spiro atoms. The summed E-state index contributed by atoms with van der Waals surface area (Å²) < 4.78 is 4.82. The maximum absolute atomic E-state index is 10.5. The van der Waals surface area contributed by atoms with Crippen molar-refractivity contribution in [2.45, 2.75) is 12.8 Å². The highest BCUT2D eigenvalue weighted by Crippen LogP contribution is 2.13. The molecule has 0 atom stereocenters. The highest BCUT2D eigenvalue weighted by atomic mass is 16.5. The van der Waals surface area contributed by atoms with E-state index in [1.54, 1.807) is 7.11 Å². The van der Waals surface area contributed by atoms with E-state index in [1.165, 1.54) is 0 Å². The molecule has 1 aliphatic rings. The van der Waals surface area contributed by atoms with Gasteiger partial charge in [-0.05, 0) is 6.08 Å². The standard InChI is InChI=1S/C6H8O2/c1-8-6-3-2-5(7)4-6/h3H,2,4H2,1H3. The first-order valence-electron chi connectivity index (χ1n) is 2.57. The first-order chi connectivity index (χ1) is 3.83. The van der Waals surface area contributed by atoms with Crippen LogP contribution in [0.25, 0.3) is 0 Å². The van der Waals surface area contributed by atoms with Crippen LogP contribution in [0.1, 0.15) is 12.8 Å². The van der Waals surface area contributed by atoms with Gasteiger partial charge in [0.1, 0.15) is 5.78 Å². The first kappa shape index (κ1) is 5.35. The summed E-state index contributed by atoms with van der Waals surface area (Å²) >= 11 is 0. The Morgan fingerprint density at radius 3 is 2.75 bits per heavy atom. The van der Waals surface area contributed by atoms with E-state index in [9.17, 15) is 4.79 Å². The van der Waals surface area contributed by atoms with Crippen LogP contribution in [0.15, 0.2) is 11.8 Å². The second-order valence-electron chi connectivity index (χ2n) is 1.79. The van der Waals surface area contributed by atoms with Crippen molar-refractivity contribution >= 4 is 5.78 Å². The van der Waals surface area contributed by atoms with Crippen molar-refractivity contribution in [3.8, 4) is 0 Å². The Balaban J connectivity index is 2.49. The molecule has 0 aromatic carbocycles. The summed E-state index contributed by atoms with van der Waals surface area (Å²) in [5.41, 5.74) is 0. The first-order valence-corrected chi connectivity index (χ1v) is 2.57. The maximum atomic E-state index is 10.5. The van der Waals surface area contributed by atoms with Crippen LogP contribution in [-0.2, 0) is 9.53 Å². The molecule has 0 bridgehead atoms. The van der Waals surface area contributed by atoms with Crippen molar-refractivity contribution in [1.29, 1.82) is 0 Å². The van der Waals surface area contributed by atoms with E-state index in [-0.39, 0.29) is 5.78 Å². The number of ether oxygens (including phenoxy) is 1. The molecule has 1 aliphatic carbocycles. The summed E-state index contributed by atoms with van der Waals surface area (Å²) in [5.74, 6) is 1.07. The number of allylic oxidation sites excluding steroid dienone is 2. The van der Waals surface area contributed by atoms with E-state index in [0.29, 0.717) is 12.8 Å². The molecule has 0 radical (unpaired) electrons. The minimum atomic E-state index is 0.252. The van der Waals surface area contributed by atoms with E-state index in [4.69, 9.17) is 4.74 Å². The fraction of sp³-hybridized carbons (Fsp3) is 0.500. The molecule has 0 heterocycles. The molecule has 0 aromatic heterocycles. The molecule has 0 aromatic rings. The molecule has 0 fully saturated rings. The lowest BCUT2D eigenvalue weighted by atomic mass is 10.3. The zero-order valence-electron chi connectivity index (χ0n) is 4.81. The summed E-state index contributed by atoms with van der Waals surface area (Å²) in [5, 5.41) is 0. The van der Waals surface area contributed by atoms with Crippen molar-refractivity contribution in [1.82, 2.24) is 0 Å². The topological polar surface area (TPSA) is 26.3 Å². The Labute approximate surface area is 48.1 Å². The summed E-state index contributed by atoms with van der Waals surface area (Å²) in [6.07, 6.45) is 2.88. The zero-order chi connectivity index (χ0) is 5.98. The summed E-state index contributed by atoms with van der Waals surface area (Å²) in [4.78, 5) is 10.5. The van der Waals surface area contributed by atoms with Gasteiger partial charge in [0.2, 0.25) is 0 Å². The molecule has 0 aliphatic heterocycles. The lowest BCUT2D eigenvalue weighted by Gasteiger charge is -1.93. The smallest absolute Gasteiger partial charge is 0.144 e. The van der Waals surface area contributed by atoms with Crippen LogP contribution in [0.5, 0.6) is 0 Å². The molecule has 0 saturated carbocycles. The summed E-state index contributed by atoms with van der Waals surface area (Å²) in [6, 6.07) is 0. The number of ketones is 1. The largest absolute Gasteiger partial charge is 0.501 e. The zero-order valence-corrected chi connectivity index (χ0v) is 4.81. The minimum absolute atomic E-state index is 0.252. The van der Waals surface area contributed by atoms with Gasteiger partial charge < -0.3 is 4.74 Å². The number of methoxy groups -OCH3 is 1. The fourth-order valence-electron chi connectivity index (χ4n) is 0.722. The van der Waals surface area contributed by atoms with Crippen LogP contribution in [0.2, 0.25) is 0 Å². The number of hydrogen-bond donors (Lipinski definition) is 0. The van der Waals surface area contributed by atoms with Gasteiger partial charge in [-0.1, -0.05) is 0 Å². The Morgan fingerprint density at radius 2 is 2.50 bits per heavy atom. The highest BCUT2D eigenvalue weighted by molar-refractivity contribution is 5.84. The average molecular weight is 112 g/mol. The third-order valence-electron chi connectivity index (χ3n) is 1.19. The van der Waals surface area contributed by atoms with Crippen LogP contribution in [0, 0.1) is 0 Å². The van der Waals surface area contributed by atoms with Gasteiger partial charge in [-0.25, -0.2) is 0 Å². The second-order valence-corrected chi connectivity index (χ2v) is 1.79. The van der Waals surface area contributed by atoms with Gasteiger partial charge in [0.05, 0.1) is 19.3 Å². The predicted molar refractivity (Wildman–Crippen MR) is 29.3 cm³/mol. The van der Waals surface area contributed by atoms with Gasteiger partial charge >= 0.3 is 0 Å². The molecule has 0 N–H and O–H groups in total. The van der Waals surface area contributed by atoms with Gasteiger partial charge in [0.15, 0.2) is 0 Å². The molecule has 8 heavy (non-hydrogen) atoms. The summed E-state index contributed by atoms with van der Waals surface area (Å²) in [6.45, 7) is 0. The molecule has 0 unspecified atom stereocenters. The Morgan fingerprint density at radius 1 is 1.75 bits per heavy atom. The highest BCUT2D eigenvalue weighted by Gasteiger charge is 2.11. The van der Waals surface area contributed by atoms with E-state index in [1.807, 2.05) is 6.08 Å². The van der Waals surface area contributed by atoms with Crippen molar-refractivity contribution in [3.63, 3.8) is 0 Å². The maximum Gasteiger partial charge on any atom is 0.144 e. The number of carbonyl (C=O) groups is 1. The van der Waals surface area contributed by atoms with Crippen molar-refractivity contribution in [3.05, 3.63) is 11.8 Å². The van der Waals surface area contributed by atoms with Crippen LogP contribution < -0.4 is 0 Å². The lowest BCUT2D eigenvalue weighted by Crippen LogP contribution is -1.88. The SMILES string of the molecule is COC1=CCC(=O)C1. The minimum Gasteiger partial charge on any atom is -0.501 e. The van der Waals surface area contributed by atoms with E-state index in [0.717, 1.165) is 5.76 Å². The van der Waals surface area contributed by atoms with E-state index in [2.05, 4.69) is 0 Å². The van der Waals surface area contributed by atoms with Crippen molar-refractivity contribution in [2.75, 3.05) is 7.11 Å². The second kappa shape index (κ2) is 1.99. The van der Waals surface area contributed by atoms with Crippen molar-refractivity contribution < 1.29 is 9.53 Å². The Bertz CT molecular complexity index is 135. The van der Waals surface area contributed by atoms with E-state index < -0.39 is 0 Å². The van der Waals surface area contributed by atoms with Crippen LogP contribution >= 0.6 is 0 Å². The fourth-order valence-corrected chi connectivity index (χ4v) is 0.722. The molecular formula is C6H8O2. The monoisotopic (exact) mass is 112 g/mol. The number of hydrogen-bond acceptors (Lipinski definition) is 2.